The van der Waals surface area contributed by atoms with Crippen LogP contribution in [0.5, 0.6) is 0 Å². The van der Waals surface area contributed by atoms with Crippen LogP contribution in [0, 0.1) is 5.41 Å². The van der Waals surface area contributed by atoms with E-state index in [9.17, 15) is 31.5 Å². The van der Waals surface area contributed by atoms with Crippen molar-refractivity contribution in [3.8, 4) is 0 Å². The van der Waals surface area contributed by atoms with E-state index >= 15 is 0 Å². The second kappa shape index (κ2) is 5.62. The van der Waals surface area contributed by atoms with E-state index in [2.05, 4.69) is 10.3 Å². The minimum absolute atomic E-state index is 0.165. The quantitative estimate of drug-likeness (QED) is 0.670. The summed E-state index contributed by atoms with van der Waals surface area (Å²) in [5, 5.41) is 2.11. The highest BCUT2D eigenvalue weighted by molar-refractivity contribution is 5.86. The van der Waals surface area contributed by atoms with Gasteiger partial charge in [-0.25, -0.2) is 8.78 Å². The maximum Gasteiger partial charge on any atom is 0.403 e. The topological polar surface area (TPSA) is 59.1 Å². The Morgan fingerprint density at radius 2 is 2.05 bits per heavy atom. The molecule has 4 nitrogen and oxygen atoms in total. The second-order valence-corrected chi connectivity index (χ2v) is 5.00. The number of aldehydes is 1. The van der Waals surface area contributed by atoms with E-state index in [1.54, 1.807) is 0 Å². The lowest BCUT2D eigenvalue weighted by molar-refractivity contribution is -0.192. The summed E-state index contributed by atoms with van der Waals surface area (Å²) in [6, 6.07) is 1.06. The van der Waals surface area contributed by atoms with Crippen molar-refractivity contribution in [1.82, 2.24) is 10.3 Å². The molecule has 0 unspecified atom stereocenters. The molecule has 2 rings (SSSR count). The maximum absolute atomic E-state index is 12.7. The Balaban J connectivity index is 2.07. The molecule has 1 aliphatic carbocycles. The zero-order chi connectivity index (χ0) is 16.5. The molecule has 1 aromatic rings. The molecule has 0 bridgehead atoms. The van der Waals surface area contributed by atoms with Crippen LogP contribution in [0.1, 0.15) is 40.9 Å². The number of carbonyl (C=O) groups is 2. The molecule has 1 fully saturated rings. The molecule has 0 aliphatic heterocycles. The number of alkyl halides is 5. The van der Waals surface area contributed by atoms with E-state index in [0.717, 1.165) is 12.3 Å². The van der Waals surface area contributed by atoms with Gasteiger partial charge in [0.1, 0.15) is 11.1 Å². The molecule has 1 amide bonds. The van der Waals surface area contributed by atoms with Crippen LogP contribution in [0.2, 0.25) is 0 Å². The summed E-state index contributed by atoms with van der Waals surface area (Å²) < 4.78 is 63.3. The van der Waals surface area contributed by atoms with Gasteiger partial charge in [0, 0.05) is 18.3 Å². The van der Waals surface area contributed by atoms with Gasteiger partial charge in [0.25, 0.3) is 6.43 Å². The lowest BCUT2D eigenvalue weighted by Crippen LogP contribution is -2.40. The molecule has 1 heterocycles. The van der Waals surface area contributed by atoms with Crippen LogP contribution in [0.4, 0.5) is 22.0 Å². The number of nitrogens with one attached hydrogen (secondary N) is 1. The summed E-state index contributed by atoms with van der Waals surface area (Å²) in [7, 11) is 0. The van der Waals surface area contributed by atoms with Crippen LogP contribution < -0.4 is 5.32 Å². The molecule has 0 spiro atoms. The number of pyridine rings is 1. The standard InChI is InChI=1S/C13H11F5N2O2/c14-10(15)9-8(6-21)3-7(4-19-9)5-20-11(22)12(1-2-12)13(16,17)18/h3-4,6,10H,1-2,5H2,(H,20,22). The van der Waals surface area contributed by atoms with Crippen molar-refractivity contribution in [2.24, 2.45) is 5.41 Å². The SMILES string of the molecule is O=Cc1cc(CNC(=O)C2(C(F)(F)F)CC2)cnc1C(F)F. The van der Waals surface area contributed by atoms with Crippen molar-refractivity contribution >= 4 is 12.2 Å². The minimum Gasteiger partial charge on any atom is -0.351 e. The largest absolute Gasteiger partial charge is 0.403 e. The molecule has 0 saturated heterocycles. The van der Waals surface area contributed by atoms with Gasteiger partial charge >= 0.3 is 6.18 Å². The molecule has 9 heteroatoms. The molecule has 1 N–H and O–H groups in total. The third-order valence-corrected chi connectivity index (χ3v) is 3.52. The highest BCUT2D eigenvalue weighted by Gasteiger charge is 2.68. The summed E-state index contributed by atoms with van der Waals surface area (Å²) in [5.41, 5.74) is -3.26. The molecular weight excluding hydrogens is 311 g/mol. The lowest BCUT2D eigenvalue weighted by atomic mass is 10.1. The zero-order valence-corrected chi connectivity index (χ0v) is 11.1. The molecule has 0 radical (unpaired) electrons. The molecule has 0 aromatic carbocycles. The van der Waals surface area contributed by atoms with Gasteiger partial charge in [0.05, 0.1) is 0 Å². The Morgan fingerprint density at radius 1 is 1.41 bits per heavy atom. The van der Waals surface area contributed by atoms with Gasteiger partial charge in [-0.05, 0) is 24.5 Å². The fourth-order valence-corrected chi connectivity index (χ4v) is 2.03. The number of hydrogen-bond acceptors (Lipinski definition) is 3. The second-order valence-electron chi connectivity index (χ2n) is 5.00. The van der Waals surface area contributed by atoms with Crippen LogP contribution in [0.25, 0.3) is 0 Å². The summed E-state index contributed by atoms with van der Waals surface area (Å²) in [4.78, 5) is 25.7. The smallest absolute Gasteiger partial charge is 0.351 e. The summed E-state index contributed by atoms with van der Waals surface area (Å²) in [6.45, 7) is -0.325. The Labute approximate surface area is 121 Å². The van der Waals surface area contributed by atoms with Crippen LogP contribution in [0.15, 0.2) is 12.3 Å². The molecule has 22 heavy (non-hydrogen) atoms. The third kappa shape index (κ3) is 2.93. The first-order valence-electron chi connectivity index (χ1n) is 6.28. The number of hydrogen-bond donors (Lipinski definition) is 1. The molecule has 1 saturated carbocycles. The van der Waals surface area contributed by atoms with Crippen molar-refractivity contribution in [3.05, 3.63) is 29.1 Å². The number of amides is 1. The normalized spacial score (nSPS) is 16.5. The molecule has 1 aromatic heterocycles. The average Bonchev–Trinajstić information content (AvgIpc) is 3.25. The van der Waals surface area contributed by atoms with Crippen molar-refractivity contribution in [2.75, 3.05) is 0 Å². The Kier molecular flexibility index (Phi) is 4.17. The summed E-state index contributed by atoms with van der Waals surface area (Å²) >= 11 is 0. The maximum atomic E-state index is 12.7. The Bertz CT molecular complexity index is 597. The van der Waals surface area contributed by atoms with Crippen LogP contribution in [0.3, 0.4) is 0 Å². The summed E-state index contributed by atoms with van der Waals surface area (Å²) in [6.07, 6.45) is -6.94. The van der Waals surface area contributed by atoms with E-state index < -0.39 is 29.6 Å². The molecular formula is C13H11F5N2O2. The fourth-order valence-electron chi connectivity index (χ4n) is 2.03. The number of halogens is 5. The van der Waals surface area contributed by atoms with Crippen LogP contribution >= 0.6 is 0 Å². The number of aromatic nitrogens is 1. The van der Waals surface area contributed by atoms with E-state index in [0.29, 0.717) is 0 Å². The van der Waals surface area contributed by atoms with Gasteiger partial charge < -0.3 is 5.32 Å². The van der Waals surface area contributed by atoms with Gasteiger partial charge in [-0.1, -0.05) is 0 Å². The zero-order valence-electron chi connectivity index (χ0n) is 11.1. The van der Waals surface area contributed by atoms with Gasteiger partial charge in [-0.15, -0.1) is 0 Å². The molecule has 120 valence electrons. The lowest BCUT2D eigenvalue weighted by Gasteiger charge is -2.18. The van der Waals surface area contributed by atoms with Gasteiger partial charge in [0.15, 0.2) is 6.29 Å². The first-order chi connectivity index (χ1) is 10.2. The fraction of sp³-hybridized carbons (Fsp3) is 0.462. The molecule has 0 atom stereocenters. The van der Waals surface area contributed by atoms with Gasteiger partial charge in [0.2, 0.25) is 5.91 Å². The van der Waals surface area contributed by atoms with Crippen molar-refractivity contribution in [3.63, 3.8) is 0 Å². The Morgan fingerprint density at radius 3 is 2.50 bits per heavy atom. The van der Waals surface area contributed by atoms with Gasteiger partial charge in [-0.2, -0.15) is 13.2 Å². The van der Waals surface area contributed by atoms with Crippen molar-refractivity contribution in [1.29, 1.82) is 0 Å². The van der Waals surface area contributed by atoms with Crippen LogP contribution in [-0.4, -0.2) is 23.4 Å². The number of rotatable bonds is 5. The highest BCUT2D eigenvalue weighted by atomic mass is 19.4. The number of nitrogens with zero attached hydrogens (tertiary/aromatic N) is 1. The van der Waals surface area contributed by atoms with E-state index in [1.807, 2.05) is 0 Å². The predicted octanol–water partition coefficient (Wildman–Crippen LogP) is 2.79. The monoisotopic (exact) mass is 322 g/mol. The minimum atomic E-state index is -4.62. The van der Waals surface area contributed by atoms with E-state index in [1.165, 1.54) is 0 Å². The van der Waals surface area contributed by atoms with Crippen molar-refractivity contribution in [2.45, 2.75) is 32.0 Å². The van der Waals surface area contributed by atoms with E-state index in [4.69, 9.17) is 0 Å². The van der Waals surface area contributed by atoms with Crippen LogP contribution in [-0.2, 0) is 11.3 Å². The predicted molar refractivity (Wildman–Crippen MR) is 64.2 cm³/mol. The first-order valence-corrected chi connectivity index (χ1v) is 6.28. The molecule has 1 aliphatic rings. The average molecular weight is 322 g/mol. The highest BCUT2D eigenvalue weighted by Crippen LogP contribution is 2.57. The van der Waals surface area contributed by atoms with E-state index in [-0.39, 0.29) is 36.8 Å². The first kappa shape index (κ1) is 16.3. The number of carbonyl (C=O) groups excluding carboxylic acids is 2. The third-order valence-electron chi connectivity index (χ3n) is 3.52. The van der Waals surface area contributed by atoms with Crippen molar-refractivity contribution < 1.29 is 31.5 Å². The Hall–Kier alpha value is -2.06. The summed E-state index contributed by atoms with van der Waals surface area (Å²) in [5.74, 6) is -1.16. The van der Waals surface area contributed by atoms with Gasteiger partial charge in [-0.3, -0.25) is 14.6 Å².